The van der Waals surface area contributed by atoms with Crippen LogP contribution in [0.5, 0.6) is 11.5 Å². The number of aryl methyl sites for hydroxylation is 1. The van der Waals surface area contributed by atoms with Crippen LogP contribution in [0.4, 0.5) is 0 Å². The number of aliphatic hydroxyl groups is 1. The first-order valence-corrected chi connectivity index (χ1v) is 9.97. The Hall–Kier alpha value is -1.48. The van der Waals surface area contributed by atoms with E-state index >= 15 is 0 Å². The molecule has 0 saturated carbocycles. The fraction of sp³-hybridized carbons (Fsp3) is 0.636. The van der Waals surface area contributed by atoms with Crippen LogP contribution in [-0.4, -0.2) is 21.9 Å². The van der Waals surface area contributed by atoms with Crippen molar-refractivity contribution in [1.29, 1.82) is 0 Å². The van der Waals surface area contributed by atoms with E-state index in [1.807, 2.05) is 0 Å². The van der Waals surface area contributed by atoms with Gasteiger partial charge < -0.3 is 15.3 Å². The number of aromatic hydroxyl groups is 2. The lowest BCUT2D eigenvalue weighted by Gasteiger charge is -2.27. The van der Waals surface area contributed by atoms with Crippen molar-refractivity contribution in [2.24, 2.45) is 5.92 Å². The summed E-state index contributed by atoms with van der Waals surface area (Å²) in [6, 6.07) is 3.60. The van der Waals surface area contributed by atoms with E-state index in [0.29, 0.717) is 11.5 Å². The number of unbranched alkanes of at least 4 members (excludes halogenated alkanes) is 4. The Bertz CT molecular complexity index is 566. The summed E-state index contributed by atoms with van der Waals surface area (Å²) in [6.07, 6.45) is 10.7. The van der Waals surface area contributed by atoms with Crippen LogP contribution in [0.15, 0.2) is 17.7 Å². The van der Waals surface area contributed by atoms with Crippen LogP contribution in [0.1, 0.15) is 82.8 Å². The van der Waals surface area contributed by atoms with Crippen molar-refractivity contribution >= 4 is 5.57 Å². The molecule has 25 heavy (non-hydrogen) atoms. The van der Waals surface area contributed by atoms with Gasteiger partial charge in [-0.25, -0.2) is 0 Å². The fourth-order valence-electron chi connectivity index (χ4n) is 3.92. The van der Waals surface area contributed by atoms with Gasteiger partial charge in [0.2, 0.25) is 0 Å². The SMILES string of the molecule is CCCCCCCc1cc(O)c(C2=C(CO)CCC(CC)C2)c(O)c1. The van der Waals surface area contributed by atoms with Crippen LogP contribution in [0.3, 0.4) is 0 Å². The highest BCUT2D eigenvalue weighted by Gasteiger charge is 2.24. The minimum absolute atomic E-state index is 0.00380. The molecular weight excluding hydrogens is 312 g/mol. The molecule has 0 aromatic heterocycles. The Morgan fingerprint density at radius 3 is 2.28 bits per heavy atom. The molecule has 2 rings (SSSR count). The Balaban J connectivity index is 2.17. The molecule has 0 radical (unpaired) electrons. The number of allylic oxidation sites excluding steroid dienone is 1. The average molecular weight is 347 g/mol. The van der Waals surface area contributed by atoms with E-state index < -0.39 is 0 Å². The first kappa shape index (κ1) is 19.8. The summed E-state index contributed by atoms with van der Waals surface area (Å²) >= 11 is 0. The standard InChI is InChI=1S/C22H34O3/c1-3-5-6-7-8-9-17-13-20(24)22(21(25)14-17)19-12-16(4-2)10-11-18(19)15-23/h13-14,16,23-25H,3-12,15H2,1-2H3. The number of aliphatic hydroxyl groups excluding tert-OH is 1. The maximum Gasteiger partial charge on any atom is 0.127 e. The number of hydrogen-bond acceptors (Lipinski definition) is 3. The van der Waals surface area contributed by atoms with Crippen molar-refractivity contribution < 1.29 is 15.3 Å². The molecule has 0 amide bonds. The molecule has 1 aromatic rings. The largest absolute Gasteiger partial charge is 0.507 e. The molecule has 3 nitrogen and oxygen atoms in total. The third kappa shape index (κ3) is 5.24. The molecule has 3 heteroatoms. The van der Waals surface area contributed by atoms with Gasteiger partial charge in [0.1, 0.15) is 11.5 Å². The highest BCUT2D eigenvalue weighted by atomic mass is 16.3. The van der Waals surface area contributed by atoms with Gasteiger partial charge in [-0.05, 0) is 66.9 Å². The Kier molecular flexibility index (Phi) is 7.83. The Labute approximate surface area is 152 Å². The number of rotatable bonds is 9. The second kappa shape index (κ2) is 9.86. The van der Waals surface area contributed by atoms with E-state index in [1.54, 1.807) is 12.1 Å². The third-order valence-corrected chi connectivity index (χ3v) is 5.57. The first-order chi connectivity index (χ1) is 12.1. The molecule has 0 saturated heterocycles. The van der Waals surface area contributed by atoms with Crippen molar-refractivity contribution in [1.82, 2.24) is 0 Å². The maximum absolute atomic E-state index is 10.6. The predicted molar refractivity (Wildman–Crippen MR) is 104 cm³/mol. The molecule has 1 unspecified atom stereocenters. The molecule has 1 atom stereocenters. The van der Waals surface area contributed by atoms with Gasteiger partial charge in [0.25, 0.3) is 0 Å². The van der Waals surface area contributed by atoms with E-state index in [9.17, 15) is 15.3 Å². The van der Waals surface area contributed by atoms with Gasteiger partial charge in [0.15, 0.2) is 0 Å². The summed E-state index contributed by atoms with van der Waals surface area (Å²) in [4.78, 5) is 0. The molecule has 0 heterocycles. The molecule has 0 fully saturated rings. The summed E-state index contributed by atoms with van der Waals surface area (Å²) in [5, 5.41) is 30.8. The van der Waals surface area contributed by atoms with Gasteiger partial charge in [-0.3, -0.25) is 0 Å². The maximum atomic E-state index is 10.6. The van der Waals surface area contributed by atoms with Crippen LogP contribution < -0.4 is 0 Å². The average Bonchev–Trinajstić information content (AvgIpc) is 2.61. The number of hydrogen-bond donors (Lipinski definition) is 3. The number of phenols is 2. The van der Waals surface area contributed by atoms with Crippen molar-refractivity contribution in [3.63, 3.8) is 0 Å². The van der Waals surface area contributed by atoms with E-state index in [2.05, 4.69) is 13.8 Å². The zero-order valence-corrected chi connectivity index (χ0v) is 15.9. The minimum Gasteiger partial charge on any atom is -0.507 e. The van der Waals surface area contributed by atoms with Crippen molar-refractivity contribution in [3.05, 3.63) is 28.8 Å². The normalized spacial score (nSPS) is 18.0. The molecule has 140 valence electrons. The highest BCUT2D eigenvalue weighted by Crippen LogP contribution is 2.44. The molecular formula is C22H34O3. The Morgan fingerprint density at radius 1 is 1.00 bits per heavy atom. The summed E-state index contributed by atoms with van der Waals surface area (Å²) in [6.45, 7) is 4.38. The van der Waals surface area contributed by atoms with Gasteiger partial charge >= 0.3 is 0 Å². The summed E-state index contributed by atoms with van der Waals surface area (Å²) in [7, 11) is 0. The lowest BCUT2D eigenvalue weighted by Crippen LogP contribution is -2.12. The van der Waals surface area contributed by atoms with Crippen LogP contribution in [0, 0.1) is 5.92 Å². The van der Waals surface area contributed by atoms with Gasteiger partial charge in [-0.1, -0.05) is 46.0 Å². The van der Waals surface area contributed by atoms with Gasteiger partial charge in [-0.15, -0.1) is 0 Å². The zero-order chi connectivity index (χ0) is 18.2. The number of benzene rings is 1. The lowest BCUT2D eigenvalue weighted by molar-refractivity contribution is 0.317. The monoisotopic (exact) mass is 346 g/mol. The topological polar surface area (TPSA) is 60.7 Å². The van der Waals surface area contributed by atoms with Gasteiger partial charge in [0.05, 0.1) is 12.2 Å². The second-order valence-corrected chi connectivity index (χ2v) is 7.43. The Morgan fingerprint density at radius 2 is 1.68 bits per heavy atom. The van der Waals surface area contributed by atoms with Gasteiger partial charge in [0, 0.05) is 0 Å². The molecule has 1 aromatic carbocycles. The van der Waals surface area contributed by atoms with Crippen LogP contribution >= 0.6 is 0 Å². The van der Waals surface area contributed by atoms with E-state index in [4.69, 9.17) is 0 Å². The van der Waals surface area contributed by atoms with Crippen molar-refractivity contribution in [2.45, 2.75) is 78.1 Å². The quantitative estimate of drug-likeness (QED) is 0.512. The van der Waals surface area contributed by atoms with Crippen LogP contribution in [0.25, 0.3) is 5.57 Å². The van der Waals surface area contributed by atoms with Crippen molar-refractivity contribution in [2.75, 3.05) is 6.61 Å². The lowest BCUT2D eigenvalue weighted by atomic mass is 9.79. The van der Waals surface area contributed by atoms with Gasteiger partial charge in [-0.2, -0.15) is 0 Å². The molecule has 0 spiro atoms. The highest BCUT2D eigenvalue weighted by molar-refractivity contribution is 5.78. The summed E-state index contributed by atoms with van der Waals surface area (Å²) in [5.41, 5.74) is 3.44. The number of phenolic OH excluding ortho intramolecular Hbond substituents is 2. The first-order valence-electron chi connectivity index (χ1n) is 9.97. The van der Waals surface area contributed by atoms with E-state index in [1.165, 1.54) is 25.7 Å². The third-order valence-electron chi connectivity index (χ3n) is 5.57. The molecule has 1 aliphatic rings. The minimum atomic E-state index is 0.00380. The summed E-state index contributed by atoms with van der Waals surface area (Å²) < 4.78 is 0. The smallest absolute Gasteiger partial charge is 0.127 e. The molecule has 1 aliphatic carbocycles. The molecule has 0 bridgehead atoms. The molecule has 0 aliphatic heterocycles. The van der Waals surface area contributed by atoms with E-state index in [0.717, 1.165) is 55.2 Å². The summed E-state index contributed by atoms with van der Waals surface area (Å²) in [5.74, 6) is 0.866. The predicted octanol–water partition coefficient (Wildman–Crippen LogP) is 5.57. The van der Waals surface area contributed by atoms with Crippen molar-refractivity contribution in [3.8, 4) is 11.5 Å². The second-order valence-electron chi connectivity index (χ2n) is 7.43. The molecule has 3 N–H and O–H groups in total. The fourth-order valence-corrected chi connectivity index (χ4v) is 3.92. The van der Waals surface area contributed by atoms with Crippen LogP contribution in [0.2, 0.25) is 0 Å². The van der Waals surface area contributed by atoms with E-state index in [-0.39, 0.29) is 18.1 Å². The van der Waals surface area contributed by atoms with Crippen LogP contribution in [-0.2, 0) is 6.42 Å². The zero-order valence-electron chi connectivity index (χ0n) is 15.9.